The number of alkyl halides is 2. The predicted octanol–water partition coefficient (Wildman–Crippen LogP) is 4.54. The van der Waals surface area contributed by atoms with Gasteiger partial charge >= 0.3 is 8.25 Å². The quantitative estimate of drug-likeness (QED) is 0.283. The van der Waals surface area contributed by atoms with Gasteiger partial charge in [0.25, 0.3) is 0 Å². The molecular formula is C10H21Br2O3P. The van der Waals surface area contributed by atoms with E-state index in [-0.39, 0.29) is 0 Å². The number of hydrogen-bond donors (Lipinski definition) is 0. The Balaban J connectivity index is 3.12. The van der Waals surface area contributed by atoms with Crippen LogP contribution in [0.2, 0.25) is 0 Å². The number of halogens is 2. The van der Waals surface area contributed by atoms with Crippen LogP contribution in [0.5, 0.6) is 0 Å². The molecule has 0 aromatic heterocycles. The van der Waals surface area contributed by atoms with Crippen LogP contribution in [-0.2, 0) is 13.6 Å². The van der Waals surface area contributed by atoms with Gasteiger partial charge in [0.05, 0.1) is 13.2 Å². The molecule has 0 radical (unpaired) electrons. The van der Waals surface area contributed by atoms with Crippen molar-refractivity contribution in [2.75, 3.05) is 23.9 Å². The average Bonchev–Trinajstić information content (AvgIpc) is 2.28. The van der Waals surface area contributed by atoms with E-state index in [9.17, 15) is 4.57 Å². The lowest BCUT2D eigenvalue weighted by atomic mass is 10.3. The second-order valence-corrected chi connectivity index (χ2v) is 6.11. The summed E-state index contributed by atoms with van der Waals surface area (Å²) in [5, 5.41) is 2.04. The number of rotatable bonds is 12. The van der Waals surface area contributed by atoms with Crippen molar-refractivity contribution in [3.63, 3.8) is 0 Å². The molecule has 98 valence electrons. The minimum Gasteiger partial charge on any atom is -0.311 e. The molecule has 0 saturated carbocycles. The Bertz CT molecular complexity index is 154. The van der Waals surface area contributed by atoms with Crippen LogP contribution in [0.1, 0.15) is 38.5 Å². The fraction of sp³-hybridized carbons (Fsp3) is 1.00. The molecule has 0 rings (SSSR count). The van der Waals surface area contributed by atoms with Crippen molar-refractivity contribution >= 4 is 40.1 Å². The Morgan fingerprint density at radius 1 is 0.750 bits per heavy atom. The van der Waals surface area contributed by atoms with E-state index in [1.54, 1.807) is 0 Å². The van der Waals surface area contributed by atoms with Crippen LogP contribution < -0.4 is 0 Å². The highest BCUT2D eigenvalue weighted by atomic mass is 79.9. The Hall–Kier alpha value is 1.11. The Kier molecular flexibility index (Phi) is 15.2. The van der Waals surface area contributed by atoms with Crippen LogP contribution in [0.25, 0.3) is 0 Å². The Morgan fingerprint density at radius 3 is 1.56 bits per heavy atom. The molecule has 0 atom stereocenters. The summed E-state index contributed by atoms with van der Waals surface area (Å²) in [5.41, 5.74) is 0. The van der Waals surface area contributed by atoms with Crippen LogP contribution in [0.4, 0.5) is 0 Å². The van der Waals surface area contributed by atoms with Crippen molar-refractivity contribution in [1.82, 2.24) is 0 Å². The first-order chi connectivity index (χ1) is 7.81. The largest absolute Gasteiger partial charge is 0.319 e. The molecule has 6 heteroatoms. The van der Waals surface area contributed by atoms with Crippen LogP contribution in [0.15, 0.2) is 0 Å². The summed E-state index contributed by atoms with van der Waals surface area (Å²) >= 11 is 6.72. The second kappa shape index (κ2) is 14.2. The molecule has 0 aliphatic heterocycles. The van der Waals surface area contributed by atoms with E-state index in [4.69, 9.17) is 9.05 Å². The van der Waals surface area contributed by atoms with Crippen molar-refractivity contribution in [3.8, 4) is 0 Å². The molecule has 0 bridgehead atoms. The van der Waals surface area contributed by atoms with Crippen LogP contribution >= 0.6 is 40.1 Å². The van der Waals surface area contributed by atoms with Gasteiger partial charge < -0.3 is 9.05 Å². The zero-order valence-electron chi connectivity index (χ0n) is 9.55. The topological polar surface area (TPSA) is 35.5 Å². The molecule has 0 fully saturated rings. The first-order valence-electron chi connectivity index (χ1n) is 5.72. The zero-order valence-corrected chi connectivity index (χ0v) is 13.7. The van der Waals surface area contributed by atoms with Crippen LogP contribution in [0, 0.1) is 0 Å². The van der Waals surface area contributed by atoms with Gasteiger partial charge in [-0.25, -0.2) is 0 Å². The van der Waals surface area contributed by atoms with Gasteiger partial charge in [-0.2, -0.15) is 0 Å². The molecule has 0 aliphatic carbocycles. The lowest BCUT2D eigenvalue weighted by Gasteiger charge is -2.05. The van der Waals surface area contributed by atoms with Gasteiger partial charge in [0.1, 0.15) is 0 Å². The predicted molar refractivity (Wildman–Crippen MR) is 76.2 cm³/mol. The van der Waals surface area contributed by atoms with Crippen LogP contribution in [-0.4, -0.2) is 23.9 Å². The second-order valence-electron chi connectivity index (χ2n) is 3.45. The highest BCUT2D eigenvalue weighted by molar-refractivity contribution is 9.09. The standard InChI is InChI=1S/C10H21Br2O3P/c11-7-3-1-5-9-14-16(13)15-10-6-2-4-8-12/h16H,1-10H2. The smallest absolute Gasteiger partial charge is 0.311 e. The van der Waals surface area contributed by atoms with Gasteiger partial charge in [0, 0.05) is 10.7 Å². The van der Waals surface area contributed by atoms with Crippen molar-refractivity contribution in [3.05, 3.63) is 0 Å². The third kappa shape index (κ3) is 13.2. The molecule has 3 nitrogen and oxygen atoms in total. The summed E-state index contributed by atoms with van der Waals surface area (Å²) < 4.78 is 21.4. The molecular weight excluding hydrogens is 359 g/mol. The maximum atomic E-state index is 11.2. The number of unbranched alkanes of at least 4 members (excludes halogenated alkanes) is 4. The lowest BCUT2D eigenvalue weighted by Crippen LogP contribution is -1.92. The molecule has 0 spiro atoms. The van der Waals surface area contributed by atoms with E-state index in [2.05, 4.69) is 31.9 Å². The Morgan fingerprint density at radius 2 is 1.19 bits per heavy atom. The van der Waals surface area contributed by atoms with E-state index in [1.165, 1.54) is 0 Å². The first kappa shape index (κ1) is 17.1. The molecule has 0 aromatic carbocycles. The molecule has 0 aliphatic rings. The van der Waals surface area contributed by atoms with Gasteiger partial charge in [0.15, 0.2) is 0 Å². The molecule has 0 unspecified atom stereocenters. The Labute approximate surface area is 116 Å². The normalized spacial score (nSPS) is 11.2. The lowest BCUT2D eigenvalue weighted by molar-refractivity contribution is 0.219. The van der Waals surface area contributed by atoms with E-state index < -0.39 is 8.25 Å². The molecule has 16 heavy (non-hydrogen) atoms. The maximum Gasteiger partial charge on any atom is 0.319 e. The van der Waals surface area contributed by atoms with E-state index in [1.807, 2.05) is 0 Å². The van der Waals surface area contributed by atoms with Crippen molar-refractivity contribution < 1.29 is 13.6 Å². The summed E-state index contributed by atoms with van der Waals surface area (Å²) in [6, 6.07) is 0. The van der Waals surface area contributed by atoms with Gasteiger partial charge in [0.2, 0.25) is 0 Å². The fourth-order valence-electron chi connectivity index (χ4n) is 1.10. The van der Waals surface area contributed by atoms with Gasteiger partial charge in [-0.1, -0.05) is 44.7 Å². The van der Waals surface area contributed by atoms with Gasteiger partial charge in [-0.05, 0) is 25.7 Å². The van der Waals surface area contributed by atoms with E-state index in [0.29, 0.717) is 13.2 Å². The van der Waals surface area contributed by atoms with Crippen LogP contribution in [0.3, 0.4) is 0 Å². The zero-order chi connectivity index (χ0) is 12.1. The summed E-state index contributed by atoms with van der Waals surface area (Å²) in [6.07, 6.45) is 6.39. The van der Waals surface area contributed by atoms with E-state index >= 15 is 0 Å². The van der Waals surface area contributed by atoms with Crippen molar-refractivity contribution in [2.45, 2.75) is 38.5 Å². The molecule has 0 saturated heterocycles. The molecule has 0 amide bonds. The average molecular weight is 380 g/mol. The summed E-state index contributed by atoms with van der Waals surface area (Å²) in [4.78, 5) is 0. The molecule has 0 N–H and O–H groups in total. The summed E-state index contributed by atoms with van der Waals surface area (Å²) in [6.45, 7) is 1.10. The summed E-state index contributed by atoms with van der Waals surface area (Å²) in [7, 11) is -2.24. The van der Waals surface area contributed by atoms with Gasteiger partial charge in [-0.15, -0.1) is 0 Å². The minimum atomic E-state index is -2.24. The highest BCUT2D eigenvalue weighted by Crippen LogP contribution is 2.24. The highest BCUT2D eigenvalue weighted by Gasteiger charge is 1.99. The first-order valence-corrected chi connectivity index (χ1v) is 9.19. The third-order valence-electron chi connectivity index (χ3n) is 2.00. The molecule has 0 heterocycles. The van der Waals surface area contributed by atoms with Crippen molar-refractivity contribution in [2.24, 2.45) is 0 Å². The monoisotopic (exact) mass is 378 g/mol. The fourth-order valence-corrected chi connectivity index (χ4v) is 2.60. The number of hydrogen-bond acceptors (Lipinski definition) is 3. The van der Waals surface area contributed by atoms with Crippen molar-refractivity contribution in [1.29, 1.82) is 0 Å². The SMILES string of the molecule is O=[PH](OCCCCCBr)OCCCCCBr. The molecule has 0 aromatic rings. The van der Waals surface area contributed by atoms with Gasteiger partial charge in [-0.3, -0.25) is 4.57 Å². The minimum absolute atomic E-state index is 0.548. The third-order valence-corrected chi connectivity index (χ3v) is 4.00. The summed E-state index contributed by atoms with van der Waals surface area (Å²) in [5.74, 6) is 0. The maximum absolute atomic E-state index is 11.2. The van der Waals surface area contributed by atoms with E-state index in [0.717, 1.165) is 49.2 Å².